The van der Waals surface area contributed by atoms with Gasteiger partial charge in [0.2, 0.25) is 5.91 Å². The number of nitrogens with one attached hydrogen (secondary N) is 1. The highest BCUT2D eigenvalue weighted by atomic mass is 32.1. The molecule has 7 heteroatoms. The Morgan fingerprint density at radius 3 is 2.87 bits per heavy atom. The van der Waals surface area contributed by atoms with Crippen LogP contribution in [0.15, 0.2) is 40.6 Å². The van der Waals surface area contributed by atoms with Crippen molar-refractivity contribution in [3.05, 3.63) is 51.9 Å². The molecule has 0 aliphatic rings. The summed E-state index contributed by atoms with van der Waals surface area (Å²) >= 11 is 1.38. The predicted octanol–water partition coefficient (Wildman–Crippen LogP) is 2.62. The van der Waals surface area contributed by atoms with Crippen LogP contribution in [0.3, 0.4) is 0 Å². The molecule has 2 aromatic heterocycles. The monoisotopic (exact) mass is 328 g/mol. The topological polar surface area (TPSA) is 76.9 Å². The van der Waals surface area contributed by atoms with Crippen molar-refractivity contribution in [3.63, 3.8) is 0 Å². The van der Waals surface area contributed by atoms with Gasteiger partial charge in [0.15, 0.2) is 5.13 Å². The van der Waals surface area contributed by atoms with Gasteiger partial charge in [-0.25, -0.2) is 9.97 Å². The number of para-hydroxylation sites is 2. The SMILES string of the molecule is CC(C)c1csc(NC(=O)Cn2c(=O)cnc3ccccc32)n1. The fourth-order valence-corrected chi connectivity index (χ4v) is 3.08. The maximum atomic E-state index is 12.2. The summed E-state index contributed by atoms with van der Waals surface area (Å²) in [5.41, 5.74) is 1.95. The smallest absolute Gasteiger partial charge is 0.269 e. The van der Waals surface area contributed by atoms with Gasteiger partial charge in [-0.1, -0.05) is 26.0 Å². The molecule has 0 atom stereocenters. The zero-order valence-electron chi connectivity index (χ0n) is 12.8. The average molecular weight is 328 g/mol. The largest absolute Gasteiger partial charge is 0.300 e. The highest BCUT2D eigenvalue weighted by Gasteiger charge is 2.11. The van der Waals surface area contributed by atoms with E-state index in [-0.39, 0.29) is 18.0 Å². The third-order valence-electron chi connectivity index (χ3n) is 3.41. The number of amides is 1. The van der Waals surface area contributed by atoms with Crippen LogP contribution in [0.4, 0.5) is 5.13 Å². The summed E-state index contributed by atoms with van der Waals surface area (Å²) in [4.78, 5) is 32.7. The highest BCUT2D eigenvalue weighted by molar-refractivity contribution is 7.13. The zero-order valence-corrected chi connectivity index (χ0v) is 13.6. The minimum atomic E-state index is -0.305. The Morgan fingerprint density at radius 1 is 1.35 bits per heavy atom. The molecule has 0 spiro atoms. The molecule has 1 N–H and O–H groups in total. The van der Waals surface area contributed by atoms with E-state index in [1.54, 1.807) is 12.1 Å². The van der Waals surface area contributed by atoms with Crippen LogP contribution in [-0.4, -0.2) is 20.4 Å². The Labute approximate surface area is 136 Å². The Hall–Kier alpha value is -2.54. The van der Waals surface area contributed by atoms with Crippen molar-refractivity contribution in [2.24, 2.45) is 0 Å². The van der Waals surface area contributed by atoms with Crippen LogP contribution < -0.4 is 10.9 Å². The highest BCUT2D eigenvalue weighted by Crippen LogP contribution is 2.21. The third-order valence-corrected chi connectivity index (χ3v) is 4.19. The summed E-state index contributed by atoms with van der Waals surface area (Å²) in [7, 11) is 0. The van der Waals surface area contributed by atoms with Crippen molar-refractivity contribution in [3.8, 4) is 0 Å². The molecule has 0 bridgehead atoms. The molecule has 0 aliphatic heterocycles. The van der Waals surface area contributed by atoms with Gasteiger partial charge < -0.3 is 5.32 Å². The molecule has 0 aliphatic carbocycles. The molecule has 1 amide bonds. The van der Waals surface area contributed by atoms with Crippen LogP contribution in [0.5, 0.6) is 0 Å². The van der Waals surface area contributed by atoms with E-state index >= 15 is 0 Å². The van der Waals surface area contributed by atoms with Crippen molar-refractivity contribution in [1.82, 2.24) is 14.5 Å². The molecule has 0 saturated carbocycles. The van der Waals surface area contributed by atoms with Crippen LogP contribution in [-0.2, 0) is 11.3 Å². The number of anilines is 1. The van der Waals surface area contributed by atoms with Crippen molar-refractivity contribution >= 4 is 33.4 Å². The zero-order chi connectivity index (χ0) is 16.4. The fraction of sp³-hybridized carbons (Fsp3) is 0.250. The minimum Gasteiger partial charge on any atom is -0.300 e. The molecule has 3 aromatic rings. The van der Waals surface area contributed by atoms with E-state index in [2.05, 4.69) is 15.3 Å². The van der Waals surface area contributed by atoms with E-state index in [0.717, 1.165) is 5.69 Å². The van der Waals surface area contributed by atoms with Crippen LogP contribution in [0, 0.1) is 0 Å². The van der Waals surface area contributed by atoms with Gasteiger partial charge in [-0.2, -0.15) is 0 Å². The van der Waals surface area contributed by atoms with Gasteiger partial charge >= 0.3 is 0 Å². The maximum absolute atomic E-state index is 12.2. The fourth-order valence-electron chi connectivity index (χ4n) is 2.19. The van der Waals surface area contributed by atoms with Crippen LogP contribution in [0.2, 0.25) is 0 Å². The lowest BCUT2D eigenvalue weighted by Crippen LogP contribution is -2.27. The van der Waals surface area contributed by atoms with Gasteiger partial charge in [0.1, 0.15) is 6.54 Å². The number of aromatic nitrogens is 3. The number of rotatable bonds is 4. The standard InChI is InChI=1S/C16H16N4O2S/c1-10(2)12-9-23-16(18-12)19-14(21)8-20-13-6-4-3-5-11(13)17-7-15(20)22/h3-7,9-10H,8H2,1-2H3,(H,18,19,21). The molecule has 6 nitrogen and oxygen atoms in total. The van der Waals surface area contributed by atoms with E-state index < -0.39 is 0 Å². The molecule has 0 fully saturated rings. The van der Waals surface area contributed by atoms with E-state index in [0.29, 0.717) is 22.1 Å². The number of fused-ring (bicyclic) bond motifs is 1. The lowest BCUT2D eigenvalue weighted by atomic mass is 10.2. The summed E-state index contributed by atoms with van der Waals surface area (Å²) in [6, 6.07) is 7.23. The first kappa shape index (κ1) is 15.4. The minimum absolute atomic E-state index is 0.0710. The van der Waals surface area contributed by atoms with Gasteiger partial charge in [0.25, 0.3) is 5.56 Å². The Morgan fingerprint density at radius 2 is 2.13 bits per heavy atom. The molecule has 3 rings (SSSR count). The van der Waals surface area contributed by atoms with Gasteiger partial charge in [-0.05, 0) is 18.1 Å². The van der Waals surface area contributed by atoms with Crippen molar-refractivity contribution < 1.29 is 4.79 Å². The quantitative estimate of drug-likeness (QED) is 0.798. The molecule has 0 radical (unpaired) electrons. The number of thiazole rings is 1. The summed E-state index contributed by atoms with van der Waals surface area (Å²) < 4.78 is 1.41. The summed E-state index contributed by atoms with van der Waals surface area (Å²) in [6.07, 6.45) is 1.23. The Kier molecular flexibility index (Phi) is 4.20. The van der Waals surface area contributed by atoms with Gasteiger partial charge in [0, 0.05) is 5.38 Å². The number of hydrogen-bond donors (Lipinski definition) is 1. The van der Waals surface area contributed by atoms with Crippen molar-refractivity contribution in [2.45, 2.75) is 26.3 Å². The molecule has 0 saturated heterocycles. The van der Waals surface area contributed by atoms with Gasteiger partial charge in [-0.15, -0.1) is 11.3 Å². The first-order valence-corrected chi connectivity index (χ1v) is 8.12. The molecule has 0 unspecified atom stereocenters. The molecular weight excluding hydrogens is 312 g/mol. The second-order valence-electron chi connectivity index (χ2n) is 5.45. The maximum Gasteiger partial charge on any atom is 0.269 e. The molecule has 1 aromatic carbocycles. The van der Waals surface area contributed by atoms with Crippen molar-refractivity contribution in [1.29, 1.82) is 0 Å². The van der Waals surface area contributed by atoms with Crippen molar-refractivity contribution in [2.75, 3.05) is 5.32 Å². The Balaban J connectivity index is 1.82. The van der Waals surface area contributed by atoms with E-state index in [1.165, 1.54) is 22.1 Å². The summed E-state index contributed by atoms with van der Waals surface area (Å²) in [6.45, 7) is 4.02. The summed E-state index contributed by atoms with van der Waals surface area (Å²) in [5, 5.41) is 5.22. The molecule has 23 heavy (non-hydrogen) atoms. The first-order chi connectivity index (χ1) is 11.0. The van der Waals surface area contributed by atoms with Crippen LogP contribution in [0.1, 0.15) is 25.5 Å². The Bertz CT molecular complexity index is 914. The summed E-state index contributed by atoms with van der Waals surface area (Å²) in [5.74, 6) is 0.0248. The van der Waals surface area contributed by atoms with E-state index in [1.807, 2.05) is 31.4 Å². The lowest BCUT2D eigenvalue weighted by molar-refractivity contribution is -0.116. The second kappa shape index (κ2) is 6.29. The van der Waals surface area contributed by atoms with Crippen LogP contribution >= 0.6 is 11.3 Å². The average Bonchev–Trinajstić information content (AvgIpc) is 2.99. The number of nitrogens with zero attached hydrogens (tertiary/aromatic N) is 3. The number of benzene rings is 1. The van der Waals surface area contributed by atoms with E-state index in [9.17, 15) is 9.59 Å². The van der Waals surface area contributed by atoms with Crippen LogP contribution in [0.25, 0.3) is 11.0 Å². The number of hydrogen-bond acceptors (Lipinski definition) is 5. The number of carbonyl (C=O) groups excluding carboxylic acids is 1. The molecular formula is C16H16N4O2S. The second-order valence-corrected chi connectivity index (χ2v) is 6.31. The molecule has 118 valence electrons. The van der Waals surface area contributed by atoms with Gasteiger partial charge in [-0.3, -0.25) is 14.2 Å². The first-order valence-electron chi connectivity index (χ1n) is 7.24. The predicted molar refractivity (Wildman–Crippen MR) is 90.8 cm³/mol. The van der Waals surface area contributed by atoms with Gasteiger partial charge in [0.05, 0.1) is 22.9 Å². The number of carbonyl (C=O) groups is 1. The normalized spacial score (nSPS) is 11.1. The third kappa shape index (κ3) is 3.29. The molecule has 2 heterocycles. The van der Waals surface area contributed by atoms with E-state index in [4.69, 9.17) is 0 Å². The lowest BCUT2D eigenvalue weighted by Gasteiger charge is -2.08.